The Morgan fingerprint density at radius 1 is 1.22 bits per heavy atom. The first-order valence-electron chi connectivity index (χ1n) is 6.93. The summed E-state index contributed by atoms with van der Waals surface area (Å²) in [4.78, 5) is 0. The van der Waals surface area contributed by atoms with Crippen molar-refractivity contribution in [1.29, 1.82) is 0 Å². The van der Waals surface area contributed by atoms with Crippen LogP contribution in [0.3, 0.4) is 0 Å². The molecule has 0 spiro atoms. The highest BCUT2D eigenvalue weighted by Crippen LogP contribution is 2.26. The third-order valence-electron chi connectivity index (χ3n) is 3.50. The zero-order chi connectivity index (χ0) is 13.4. The van der Waals surface area contributed by atoms with Crippen molar-refractivity contribution in [2.24, 2.45) is 11.8 Å². The maximum atomic E-state index is 5.70. The first-order chi connectivity index (χ1) is 8.74. The summed E-state index contributed by atoms with van der Waals surface area (Å²) in [5, 5.41) is 0. The molecule has 0 amide bonds. The topological polar surface area (TPSA) is 47.3 Å². The highest BCUT2D eigenvalue weighted by atomic mass is 16.5. The van der Waals surface area contributed by atoms with E-state index in [0.29, 0.717) is 12.5 Å². The van der Waals surface area contributed by atoms with E-state index in [1.165, 1.54) is 18.4 Å². The van der Waals surface area contributed by atoms with Crippen LogP contribution in [0.2, 0.25) is 0 Å². The molecule has 0 fully saturated rings. The van der Waals surface area contributed by atoms with Gasteiger partial charge in [0, 0.05) is 6.04 Å². The lowest BCUT2D eigenvalue weighted by atomic mass is 9.91. The molecule has 0 saturated heterocycles. The van der Waals surface area contributed by atoms with Gasteiger partial charge in [0.1, 0.15) is 5.75 Å². The number of nitrogens with one attached hydrogen (secondary N) is 1. The molecule has 0 saturated carbocycles. The summed E-state index contributed by atoms with van der Waals surface area (Å²) in [5.41, 5.74) is 4.14. The van der Waals surface area contributed by atoms with E-state index in [1.54, 1.807) is 0 Å². The van der Waals surface area contributed by atoms with E-state index >= 15 is 0 Å². The summed E-state index contributed by atoms with van der Waals surface area (Å²) in [6.45, 7) is 7.16. The molecular formula is C15H26N2O. The van der Waals surface area contributed by atoms with Gasteiger partial charge in [-0.2, -0.15) is 0 Å². The van der Waals surface area contributed by atoms with Gasteiger partial charge in [0.2, 0.25) is 0 Å². The molecule has 3 heteroatoms. The monoisotopic (exact) mass is 250 g/mol. The summed E-state index contributed by atoms with van der Waals surface area (Å²) in [5.74, 6) is 7.32. The van der Waals surface area contributed by atoms with E-state index in [4.69, 9.17) is 10.6 Å². The quantitative estimate of drug-likeness (QED) is 0.549. The van der Waals surface area contributed by atoms with Gasteiger partial charge in [-0.25, -0.2) is 0 Å². The number of benzene rings is 1. The van der Waals surface area contributed by atoms with Crippen molar-refractivity contribution >= 4 is 0 Å². The van der Waals surface area contributed by atoms with Gasteiger partial charge in [-0.1, -0.05) is 38.8 Å². The molecule has 1 aromatic rings. The normalized spacial score (nSPS) is 12.7. The van der Waals surface area contributed by atoms with Crippen LogP contribution in [-0.2, 0) is 0 Å². The summed E-state index contributed by atoms with van der Waals surface area (Å²) < 4.78 is 5.53. The van der Waals surface area contributed by atoms with Crippen LogP contribution in [0.5, 0.6) is 5.75 Å². The molecule has 18 heavy (non-hydrogen) atoms. The Kier molecular flexibility index (Phi) is 6.76. The number of rotatable bonds is 8. The van der Waals surface area contributed by atoms with Crippen molar-refractivity contribution in [3.8, 4) is 5.75 Å². The van der Waals surface area contributed by atoms with Crippen LogP contribution in [0.15, 0.2) is 24.3 Å². The smallest absolute Gasteiger partial charge is 0.119 e. The first-order valence-corrected chi connectivity index (χ1v) is 6.93. The van der Waals surface area contributed by atoms with Gasteiger partial charge in [-0.3, -0.25) is 11.3 Å². The fraction of sp³-hybridized carbons (Fsp3) is 0.600. The third kappa shape index (κ3) is 4.31. The Bertz CT molecular complexity index is 337. The molecule has 3 nitrogen and oxygen atoms in total. The summed E-state index contributed by atoms with van der Waals surface area (Å²) in [6.07, 6.45) is 3.46. The maximum absolute atomic E-state index is 5.70. The van der Waals surface area contributed by atoms with Crippen LogP contribution in [0, 0.1) is 5.92 Å². The van der Waals surface area contributed by atoms with E-state index in [2.05, 4.69) is 31.4 Å². The van der Waals surface area contributed by atoms with Crippen molar-refractivity contribution in [1.82, 2.24) is 5.43 Å². The fourth-order valence-electron chi connectivity index (χ4n) is 2.24. The van der Waals surface area contributed by atoms with Crippen LogP contribution in [-0.4, -0.2) is 6.61 Å². The third-order valence-corrected chi connectivity index (χ3v) is 3.50. The summed E-state index contributed by atoms with van der Waals surface area (Å²) in [7, 11) is 0. The highest BCUT2D eigenvalue weighted by Gasteiger charge is 2.15. The average Bonchev–Trinajstić information content (AvgIpc) is 2.41. The predicted molar refractivity (Wildman–Crippen MR) is 76.4 cm³/mol. The molecule has 1 unspecified atom stereocenters. The lowest BCUT2D eigenvalue weighted by molar-refractivity contribution is 0.337. The molecule has 0 radical (unpaired) electrons. The number of hydrogen-bond donors (Lipinski definition) is 2. The van der Waals surface area contributed by atoms with Crippen molar-refractivity contribution in [3.63, 3.8) is 0 Å². The molecule has 0 aliphatic heterocycles. The van der Waals surface area contributed by atoms with Crippen LogP contribution in [0.4, 0.5) is 0 Å². The number of ether oxygens (including phenoxy) is 1. The van der Waals surface area contributed by atoms with Crippen molar-refractivity contribution in [3.05, 3.63) is 29.8 Å². The molecular weight excluding hydrogens is 224 g/mol. The van der Waals surface area contributed by atoms with Gasteiger partial charge in [-0.05, 0) is 37.0 Å². The zero-order valence-corrected chi connectivity index (χ0v) is 11.8. The molecule has 0 aliphatic carbocycles. The number of nitrogens with two attached hydrogens (primary N) is 1. The van der Waals surface area contributed by atoms with Crippen LogP contribution in [0.1, 0.15) is 51.6 Å². The van der Waals surface area contributed by atoms with E-state index in [0.717, 1.165) is 12.2 Å². The largest absolute Gasteiger partial charge is 0.494 e. The minimum Gasteiger partial charge on any atom is -0.494 e. The van der Waals surface area contributed by atoms with Crippen molar-refractivity contribution < 1.29 is 4.74 Å². The lowest BCUT2D eigenvalue weighted by Gasteiger charge is -2.22. The van der Waals surface area contributed by atoms with Gasteiger partial charge in [0.25, 0.3) is 0 Å². The maximum Gasteiger partial charge on any atom is 0.119 e. The van der Waals surface area contributed by atoms with Crippen LogP contribution < -0.4 is 16.0 Å². The first kappa shape index (κ1) is 15.0. The Labute approximate surface area is 111 Å². The Morgan fingerprint density at radius 3 is 2.50 bits per heavy atom. The van der Waals surface area contributed by atoms with Gasteiger partial charge >= 0.3 is 0 Å². The van der Waals surface area contributed by atoms with E-state index in [-0.39, 0.29) is 6.04 Å². The second-order valence-electron chi connectivity index (χ2n) is 4.64. The standard InChI is InChI=1S/C15H26N2O/c1-4-12(5-2)10-15(17-16)13-8-7-9-14(11-13)18-6-3/h7-9,11-12,15,17H,4-6,10,16H2,1-3H3. The summed E-state index contributed by atoms with van der Waals surface area (Å²) in [6, 6.07) is 8.40. The molecule has 0 aliphatic rings. The number of hydrazine groups is 1. The van der Waals surface area contributed by atoms with E-state index in [9.17, 15) is 0 Å². The fourth-order valence-corrected chi connectivity index (χ4v) is 2.24. The minimum absolute atomic E-state index is 0.204. The Hall–Kier alpha value is -1.06. The van der Waals surface area contributed by atoms with Crippen molar-refractivity contribution in [2.45, 2.75) is 46.1 Å². The minimum atomic E-state index is 0.204. The van der Waals surface area contributed by atoms with Crippen LogP contribution >= 0.6 is 0 Å². The average molecular weight is 250 g/mol. The second-order valence-corrected chi connectivity index (χ2v) is 4.64. The molecule has 1 aromatic carbocycles. The lowest BCUT2D eigenvalue weighted by Crippen LogP contribution is -2.29. The zero-order valence-electron chi connectivity index (χ0n) is 11.8. The summed E-state index contributed by atoms with van der Waals surface area (Å²) >= 11 is 0. The molecule has 3 N–H and O–H groups in total. The van der Waals surface area contributed by atoms with Gasteiger partial charge in [0.15, 0.2) is 0 Å². The highest BCUT2D eigenvalue weighted by molar-refractivity contribution is 5.30. The van der Waals surface area contributed by atoms with E-state index < -0.39 is 0 Å². The second kappa shape index (κ2) is 8.11. The van der Waals surface area contributed by atoms with Gasteiger partial charge in [-0.15, -0.1) is 0 Å². The van der Waals surface area contributed by atoms with E-state index in [1.807, 2.05) is 19.1 Å². The van der Waals surface area contributed by atoms with Crippen molar-refractivity contribution in [2.75, 3.05) is 6.61 Å². The molecule has 102 valence electrons. The molecule has 1 rings (SSSR count). The van der Waals surface area contributed by atoms with Gasteiger partial charge in [0.05, 0.1) is 6.61 Å². The molecule has 0 bridgehead atoms. The van der Waals surface area contributed by atoms with Gasteiger partial charge < -0.3 is 4.74 Å². The molecule has 0 aromatic heterocycles. The predicted octanol–water partition coefficient (Wildman–Crippen LogP) is 3.42. The SMILES string of the molecule is CCOc1cccc(C(CC(CC)CC)NN)c1. The molecule has 1 atom stereocenters. The van der Waals surface area contributed by atoms with Crippen LogP contribution in [0.25, 0.3) is 0 Å². The number of hydrogen-bond acceptors (Lipinski definition) is 3. The molecule has 0 heterocycles. The Morgan fingerprint density at radius 2 is 1.94 bits per heavy atom. The Balaban J connectivity index is 2.77.